The second kappa shape index (κ2) is 5.77. The maximum absolute atomic E-state index is 13.2. The van der Waals surface area contributed by atoms with Gasteiger partial charge in [0.05, 0.1) is 10.6 Å². The van der Waals surface area contributed by atoms with Crippen molar-refractivity contribution in [2.75, 3.05) is 0 Å². The van der Waals surface area contributed by atoms with E-state index in [-0.39, 0.29) is 17.2 Å². The maximum atomic E-state index is 13.2. The van der Waals surface area contributed by atoms with Crippen LogP contribution < -0.4 is 0 Å². The lowest BCUT2D eigenvalue weighted by Gasteiger charge is -2.05. The zero-order chi connectivity index (χ0) is 15.7. The Kier molecular flexibility index (Phi) is 3.81. The Morgan fingerprint density at radius 3 is 2.64 bits per heavy atom. The summed E-state index contributed by atoms with van der Waals surface area (Å²) in [6.07, 6.45) is 0. The van der Waals surface area contributed by atoms with E-state index in [1.54, 1.807) is 12.1 Å². The van der Waals surface area contributed by atoms with Crippen LogP contribution in [0.2, 0.25) is 5.02 Å². The van der Waals surface area contributed by atoms with Crippen molar-refractivity contribution in [3.05, 3.63) is 70.4 Å². The van der Waals surface area contributed by atoms with Crippen molar-refractivity contribution in [2.45, 2.75) is 6.61 Å². The van der Waals surface area contributed by atoms with E-state index in [1.807, 2.05) is 18.2 Å². The van der Waals surface area contributed by atoms with Crippen LogP contribution >= 0.6 is 11.6 Å². The fraction of sp³-hybridized carbons (Fsp3) is 0.0625. The predicted molar refractivity (Wildman–Crippen MR) is 76.7 cm³/mol. The molecule has 112 valence electrons. The van der Waals surface area contributed by atoms with Crippen LogP contribution in [0.5, 0.6) is 0 Å². The molecule has 0 spiro atoms. The molecule has 3 aromatic rings. The molecule has 22 heavy (non-hydrogen) atoms. The van der Waals surface area contributed by atoms with Crippen LogP contribution in [0.15, 0.2) is 46.9 Å². The van der Waals surface area contributed by atoms with E-state index in [0.29, 0.717) is 17.4 Å². The van der Waals surface area contributed by atoms with Gasteiger partial charge in [-0.15, -0.1) is 0 Å². The van der Waals surface area contributed by atoms with Crippen molar-refractivity contribution >= 4 is 28.5 Å². The third-order valence-electron chi connectivity index (χ3n) is 3.05. The molecule has 6 heteroatoms. The number of furan rings is 1. The molecule has 3 nitrogen and oxygen atoms in total. The summed E-state index contributed by atoms with van der Waals surface area (Å²) >= 11 is 5.71. The summed E-state index contributed by atoms with van der Waals surface area (Å²) in [5.74, 6) is -2.71. The van der Waals surface area contributed by atoms with Crippen molar-refractivity contribution in [3.8, 4) is 0 Å². The molecule has 0 radical (unpaired) electrons. The maximum Gasteiger partial charge on any atom is 0.340 e. The normalized spacial score (nSPS) is 10.9. The monoisotopic (exact) mass is 322 g/mol. The summed E-state index contributed by atoms with van der Waals surface area (Å²) < 4.78 is 36.6. The molecule has 0 saturated carbocycles. The zero-order valence-corrected chi connectivity index (χ0v) is 11.9. The van der Waals surface area contributed by atoms with Crippen molar-refractivity contribution in [2.24, 2.45) is 0 Å². The summed E-state index contributed by atoms with van der Waals surface area (Å²) in [7, 11) is 0. The quantitative estimate of drug-likeness (QED) is 0.517. The Morgan fingerprint density at radius 1 is 1.14 bits per heavy atom. The van der Waals surface area contributed by atoms with E-state index >= 15 is 0 Å². The lowest BCUT2D eigenvalue weighted by molar-refractivity contribution is 0.0447. The van der Waals surface area contributed by atoms with Gasteiger partial charge in [-0.25, -0.2) is 13.6 Å². The number of fused-ring (bicyclic) bond motifs is 1. The van der Waals surface area contributed by atoms with E-state index < -0.39 is 17.6 Å². The molecule has 0 saturated heterocycles. The van der Waals surface area contributed by atoms with Crippen molar-refractivity contribution in [1.29, 1.82) is 0 Å². The molecule has 3 rings (SSSR count). The summed E-state index contributed by atoms with van der Waals surface area (Å²) in [6, 6.07) is 10.5. The molecule has 0 aliphatic heterocycles. The molecule has 1 aromatic heterocycles. The third-order valence-corrected chi connectivity index (χ3v) is 3.36. The summed E-state index contributed by atoms with van der Waals surface area (Å²) in [6.45, 7) is -0.136. The molecule has 0 atom stereocenters. The van der Waals surface area contributed by atoms with Gasteiger partial charge < -0.3 is 9.15 Å². The Labute approximate surface area is 129 Å². The molecule has 0 N–H and O–H groups in total. The Morgan fingerprint density at radius 2 is 1.86 bits per heavy atom. The summed E-state index contributed by atoms with van der Waals surface area (Å²) in [5, 5.41) is 0.660. The molecule has 0 amide bonds. The first-order chi connectivity index (χ1) is 10.5. The first-order valence-electron chi connectivity index (χ1n) is 6.34. The van der Waals surface area contributed by atoms with E-state index in [4.69, 9.17) is 20.8 Å². The zero-order valence-electron chi connectivity index (χ0n) is 11.1. The lowest BCUT2D eigenvalue weighted by Crippen LogP contribution is -2.07. The highest BCUT2D eigenvalue weighted by atomic mass is 35.5. The number of hydrogen-bond acceptors (Lipinski definition) is 3. The lowest BCUT2D eigenvalue weighted by atomic mass is 10.2. The Hall–Kier alpha value is -2.40. The number of benzene rings is 2. The Bertz CT molecular complexity index is 825. The van der Waals surface area contributed by atoms with Gasteiger partial charge in [-0.1, -0.05) is 29.8 Å². The van der Waals surface area contributed by atoms with E-state index in [9.17, 15) is 13.6 Å². The van der Waals surface area contributed by atoms with Crippen LogP contribution in [-0.2, 0) is 11.3 Å². The predicted octanol–water partition coefficient (Wildman–Crippen LogP) is 4.72. The minimum absolute atomic E-state index is 0.136. The topological polar surface area (TPSA) is 39.4 Å². The van der Waals surface area contributed by atoms with Crippen LogP contribution in [0.4, 0.5) is 8.78 Å². The number of carbonyl (C=O) groups excluding carboxylic acids is 1. The second-order valence-corrected chi connectivity index (χ2v) is 4.98. The SMILES string of the molecule is O=C(OCc1cc2ccccc2o1)c1cc(F)c(F)cc1Cl. The van der Waals surface area contributed by atoms with Crippen LogP contribution in [0.3, 0.4) is 0 Å². The van der Waals surface area contributed by atoms with E-state index in [2.05, 4.69) is 0 Å². The molecule has 1 heterocycles. The number of esters is 1. The summed E-state index contributed by atoms with van der Waals surface area (Å²) in [4.78, 5) is 11.9. The molecule has 2 aromatic carbocycles. The van der Waals surface area contributed by atoms with Crippen LogP contribution in [0.25, 0.3) is 11.0 Å². The molecule has 0 aliphatic rings. The number of carbonyl (C=O) groups is 1. The minimum Gasteiger partial charge on any atom is -0.457 e. The molecule has 0 aliphatic carbocycles. The molecular formula is C16H9ClF2O3. The van der Waals surface area contributed by atoms with Crippen molar-refractivity contribution < 1.29 is 22.7 Å². The average Bonchev–Trinajstić information content (AvgIpc) is 2.91. The average molecular weight is 323 g/mol. The van der Waals surface area contributed by atoms with Crippen molar-refractivity contribution in [3.63, 3.8) is 0 Å². The fourth-order valence-corrected chi connectivity index (χ4v) is 2.23. The number of ether oxygens (including phenoxy) is 1. The highest BCUT2D eigenvalue weighted by Gasteiger charge is 2.17. The number of rotatable bonds is 3. The van der Waals surface area contributed by atoms with Crippen molar-refractivity contribution in [1.82, 2.24) is 0 Å². The molecule has 0 bridgehead atoms. The van der Waals surface area contributed by atoms with Gasteiger partial charge in [0.25, 0.3) is 0 Å². The standard InChI is InChI=1S/C16H9ClF2O3/c17-12-7-14(19)13(18)6-11(12)16(20)21-8-10-5-9-3-1-2-4-15(9)22-10/h1-7H,8H2. The van der Waals surface area contributed by atoms with Crippen LogP contribution in [0.1, 0.15) is 16.1 Å². The minimum atomic E-state index is -1.17. The van der Waals surface area contributed by atoms with Gasteiger partial charge in [0.15, 0.2) is 11.6 Å². The van der Waals surface area contributed by atoms with Gasteiger partial charge in [0.2, 0.25) is 0 Å². The number of hydrogen-bond donors (Lipinski definition) is 0. The number of halogens is 3. The largest absolute Gasteiger partial charge is 0.457 e. The Balaban J connectivity index is 1.76. The first-order valence-corrected chi connectivity index (χ1v) is 6.71. The first kappa shape index (κ1) is 14.5. The van der Waals surface area contributed by atoms with Gasteiger partial charge in [-0.2, -0.15) is 0 Å². The van der Waals surface area contributed by atoms with Crippen LogP contribution in [-0.4, -0.2) is 5.97 Å². The van der Waals surface area contributed by atoms with Gasteiger partial charge in [0.1, 0.15) is 18.0 Å². The van der Waals surface area contributed by atoms with Crippen LogP contribution in [0, 0.1) is 11.6 Å². The molecule has 0 unspecified atom stereocenters. The summed E-state index contributed by atoms with van der Waals surface area (Å²) in [5.41, 5.74) is 0.427. The smallest absolute Gasteiger partial charge is 0.340 e. The van der Waals surface area contributed by atoms with Gasteiger partial charge in [0, 0.05) is 5.39 Å². The van der Waals surface area contributed by atoms with Gasteiger partial charge in [-0.3, -0.25) is 0 Å². The molecular weight excluding hydrogens is 314 g/mol. The fourth-order valence-electron chi connectivity index (χ4n) is 2.00. The number of para-hydroxylation sites is 1. The third kappa shape index (κ3) is 2.80. The molecule has 0 fully saturated rings. The highest BCUT2D eigenvalue weighted by Crippen LogP contribution is 2.23. The van der Waals surface area contributed by atoms with Gasteiger partial charge in [-0.05, 0) is 24.3 Å². The van der Waals surface area contributed by atoms with E-state index in [0.717, 1.165) is 11.5 Å². The van der Waals surface area contributed by atoms with Gasteiger partial charge >= 0.3 is 5.97 Å². The highest BCUT2D eigenvalue weighted by molar-refractivity contribution is 6.33. The second-order valence-electron chi connectivity index (χ2n) is 4.57. The van der Waals surface area contributed by atoms with E-state index in [1.165, 1.54) is 0 Å².